The van der Waals surface area contributed by atoms with Gasteiger partial charge in [0.05, 0.1) is 28.2 Å². The van der Waals surface area contributed by atoms with Gasteiger partial charge in [0.2, 0.25) is 0 Å². The molecule has 35 heavy (non-hydrogen) atoms. The molecule has 5 rings (SSSR count). The van der Waals surface area contributed by atoms with Crippen molar-refractivity contribution in [2.75, 3.05) is 0 Å². The summed E-state index contributed by atoms with van der Waals surface area (Å²) in [5.41, 5.74) is 4.06. The van der Waals surface area contributed by atoms with E-state index in [4.69, 9.17) is 10.4 Å². The SMILES string of the molecule is N#Cc1ccc2nc(-c3c(F)cc(C4=CC=C(C5CCC(CC(=O)O)CC5)CC4)cc3F)[nH]c2c1. The first-order valence-corrected chi connectivity index (χ1v) is 11.9. The second-order valence-electron chi connectivity index (χ2n) is 9.49. The Hall–Kier alpha value is -3.79. The van der Waals surface area contributed by atoms with Gasteiger partial charge in [-0.15, -0.1) is 0 Å². The summed E-state index contributed by atoms with van der Waals surface area (Å²) >= 11 is 0. The molecule has 0 aliphatic heterocycles. The number of H-pyrrole nitrogens is 1. The lowest BCUT2D eigenvalue weighted by atomic mass is 9.75. The number of imidazole rings is 1. The number of hydrogen-bond donors (Lipinski definition) is 2. The smallest absolute Gasteiger partial charge is 0.303 e. The first-order chi connectivity index (χ1) is 16.9. The van der Waals surface area contributed by atoms with Gasteiger partial charge in [0.1, 0.15) is 17.5 Å². The maximum absolute atomic E-state index is 15.1. The fraction of sp³-hybridized carbons (Fsp3) is 0.321. The van der Waals surface area contributed by atoms with E-state index in [2.05, 4.69) is 16.0 Å². The number of nitrogens with zero attached hydrogens (tertiary/aromatic N) is 2. The number of aromatic nitrogens is 2. The zero-order valence-electron chi connectivity index (χ0n) is 19.2. The Morgan fingerprint density at radius 1 is 1.09 bits per heavy atom. The minimum atomic E-state index is -0.725. The lowest BCUT2D eigenvalue weighted by molar-refractivity contribution is -0.138. The monoisotopic (exact) mass is 473 g/mol. The Kier molecular flexibility index (Phi) is 6.21. The highest BCUT2D eigenvalue weighted by Crippen LogP contribution is 2.40. The lowest BCUT2D eigenvalue weighted by Crippen LogP contribution is -2.19. The molecule has 0 atom stereocenters. The average molecular weight is 474 g/mol. The Balaban J connectivity index is 1.35. The molecule has 0 radical (unpaired) electrons. The zero-order chi connectivity index (χ0) is 24.5. The fourth-order valence-electron chi connectivity index (χ4n) is 5.40. The van der Waals surface area contributed by atoms with Crippen molar-refractivity contribution in [2.24, 2.45) is 11.8 Å². The van der Waals surface area contributed by atoms with E-state index in [0.717, 1.165) is 37.7 Å². The van der Waals surface area contributed by atoms with Gasteiger partial charge in [0.25, 0.3) is 0 Å². The normalized spacial score (nSPS) is 20.3. The second kappa shape index (κ2) is 9.46. The molecule has 3 aromatic rings. The molecule has 7 heteroatoms. The molecule has 5 nitrogen and oxygen atoms in total. The van der Waals surface area contributed by atoms with Crippen molar-refractivity contribution in [1.82, 2.24) is 9.97 Å². The molecule has 0 saturated heterocycles. The topological polar surface area (TPSA) is 89.8 Å². The van der Waals surface area contributed by atoms with Crippen molar-refractivity contribution in [3.05, 3.63) is 70.8 Å². The summed E-state index contributed by atoms with van der Waals surface area (Å²) < 4.78 is 30.2. The average Bonchev–Trinajstić information content (AvgIpc) is 3.26. The van der Waals surface area contributed by atoms with Gasteiger partial charge in [-0.05, 0) is 91.8 Å². The third-order valence-corrected chi connectivity index (χ3v) is 7.28. The molecule has 178 valence electrons. The van der Waals surface area contributed by atoms with Crippen molar-refractivity contribution >= 4 is 22.6 Å². The van der Waals surface area contributed by atoms with Gasteiger partial charge in [0, 0.05) is 6.42 Å². The van der Waals surface area contributed by atoms with Crippen LogP contribution in [-0.4, -0.2) is 21.0 Å². The van der Waals surface area contributed by atoms with Crippen LogP contribution in [0.15, 0.2) is 48.1 Å². The number of carbonyl (C=O) groups is 1. The number of nitrogens with one attached hydrogen (secondary N) is 1. The number of fused-ring (bicyclic) bond motifs is 1. The zero-order valence-corrected chi connectivity index (χ0v) is 19.2. The summed E-state index contributed by atoms with van der Waals surface area (Å²) in [6.45, 7) is 0. The highest BCUT2D eigenvalue weighted by atomic mass is 19.1. The van der Waals surface area contributed by atoms with Crippen LogP contribution in [0, 0.1) is 34.8 Å². The van der Waals surface area contributed by atoms with Crippen LogP contribution in [-0.2, 0) is 4.79 Å². The summed E-state index contributed by atoms with van der Waals surface area (Å²) in [4.78, 5) is 18.2. The maximum atomic E-state index is 15.1. The number of carboxylic acids is 1. The third-order valence-electron chi connectivity index (χ3n) is 7.28. The van der Waals surface area contributed by atoms with Gasteiger partial charge < -0.3 is 10.1 Å². The Bertz CT molecular complexity index is 1380. The minimum absolute atomic E-state index is 0.0925. The molecule has 2 aliphatic rings. The summed E-state index contributed by atoms with van der Waals surface area (Å²) in [6, 6.07) is 9.61. The number of halogens is 2. The van der Waals surface area contributed by atoms with Gasteiger partial charge in [-0.3, -0.25) is 4.79 Å². The fourth-order valence-corrected chi connectivity index (χ4v) is 5.40. The van der Waals surface area contributed by atoms with Gasteiger partial charge in [-0.2, -0.15) is 5.26 Å². The second-order valence-corrected chi connectivity index (χ2v) is 9.49. The van der Waals surface area contributed by atoms with Gasteiger partial charge in [-0.25, -0.2) is 13.8 Å². The van der Waals surface area contributed by atoms with E-state index in [9.17, 15) is 4.79 Å². The van der Waals surface area contributed by atoms with E-state index in [1.807, 2.05) is 12.1 Å². The molecule has 0 unspecified atom stereocenters. The molecule has 2 aliphatic carbocycles. The molecule has 0 bridgehead atoms. The lowest BCUT2D eigenvalue weighted by Gasteiger charge is -2.30. The van der Waals surface area contributed by atoms with Crippen LogP contribution in [0.5, 0.6) is 0 Å². The molecule has 1 fully saturated rings. The van der Waals surface area contributed by atoms with E-state index in [0.29, 0.717) is 34.5 Å². The Morgan fingerprint density at radius 3 is 2.46 bits per heavy atom. The van der Waals surface area contributed by atoms with Gasteiger partial charge >= 0.3 is 5.97 Å². The summed E-state index contributed by atoms with van der Waals surface area (Å²) in [6.07, 6.45) is 9.70. The summed E-state index contributed by atoms with van der Waals surface area (Å²) in [7, 11) is 0. The molecule has 1 heterocycles. The molecular weight excluding hydrogens is 448 g/mol. The molecule has 1 saturated carbocycles. The number of nitriles is 1. The van der Waals surface area contributed by atoms with Crippen molar-refractivity contribution in [1.29, 1.82) is 5.26 Å². The van der Waals surface area contributed by atoms with E-state index < -0.39 is 17.6 Å². The van der Waals surface area contributed by atoms with Crippen molar-refractivity contribution in [3.8, 4) is 17.5 Å². The molecule has 0 spiro atoms. The third kappa shape index (κ3) is 4.74. The first kappa shape index (κ1) is 23.0. The van der Waals surface area contributed by atoms with Crippen molar-refractivity contribution in [3.63, 3.8) is 0 Å². The van der Waals surface area contributed by atoms with E-state index in [1.165, 1.54) is 17.7 Å². The van der Waals surface area contributed by atoms with Gasteiger partial charge in [0.15, 0.2) is 0 Å². The summed E-state index contributed by atoms with van der Waals surface area (Å²) in [5.74, 6) is -1.28. The van der Waals surface area contributed by atoms with Crippen LogP contribution in [0.3, 0.4) is 0 Å². The van der Waals surface area contributed by atoms with Gasteiger partial charge in [-0.1, -0.05) is 17.7 Å². The highest BCUT2D eigenvalue weighted by Gasteiger charge is 2.26. The molecule has 2 N–H and O–H groups in total. The quantitative estimate of drug-likeness (QED) is 0.428. The number of rotatable bonds is 5. The number of carboxylic acid groups (broad SMARTS) is 1. The maximum Gasteiger partial charge on any atom is 0.303 e. The van der Waals surface area contributed by atoms with Crippen LogP contribution in [0.25, 0.3) is 28.0 Å². The van der Waals surface area contributed by atoms with E-state index >= 15 is 8.78 Å². The van der Waals surface area contributed by atoms with Crippen LogP contribution < -0.4 is 0 Å². The largest absolute Gasteiger partial charge is 0.481 e. The minimum Gasteiger partial charge on any atom is -0.481 e. The standard InChI is InChI=1S/C28H25F2N3O2/c29-22-13-21(14-23(30)27(22)28-32-24-10-3-17(15-31)11-25(24)33-28)20-8-6-19(7-9-20)18-4-1-16(2-5-18)12-26(34)35/h3,6,8,10-11,13-14,16,18H,1-2,4-5,7,9,12H2,(H,32,33)(H,34,35). The number of allylic oxidation sites excluding steroid dienone is 4. The number of aromatic amines is 1. The molecular formula is C28H25F2N3O2. The molecule has 1 aromatic heterocycles. The number of hydrogen-bond acceptors (Lipinski definition) is 3. The van der Waals surface area contributed by atoms with E-state index in [1.54, 1.807) is 18.2 Å². The summed E-state index contributed by atoms with van der Waals surface area (Å²) in [5, 5.41) is 18.1. The molecule has 0 amide bonds. The van der Waals surface area contributed by atoms with Crippen molar-refractivity contribution < 1.29 is 18.7 Å². The number of aliphatic carboxylic acids is 1. The first-order valence-electron chi connectivity index (χ1n) is 11.9. The predicted octanol–water partition coefficient (Wildman–Crippen LogP) is 6.76. The van der Waals surface area contributed by atoms with Crippen LogP contribution in [0.2, 0.25) is 0 Å². The number of benzene rings is 2. The van der Waals surface area contributed by atoms with Crippen LogP contribution in [0.1, 0.15) is 56.1 Å². The molecule has 2 aromatic carbocycles. The van der Waals surface area contributed by atoms with E-state index in [-0.39, 0.29) is 23.7 Å². The Labute approximate surface area is 201 Å². The predicted molar refractivity (Wildman–Crippen MR) is 129 cm³/mol. The Morgan fingerprint density at radius 2 is 1.83 bits per heavy atom. The highest BCUT2D eigenvalue weighted by molar-refractivity contribution is 5.81. The van der Waals surface area contributed by atoms with Crippen molar-refractivity contribution in [2.45, 2.75) is 44.9 Å². The van der Waals surface area contributed by atoms with Crippen LogP contribution >= 0.6 is 0 Å². The van der Waals surface area contributed by atoms with Crippen LogP contribution in [0.4, 0.5) is 8.78 Å².